The van der Waals surface area contributed by atoms with E-state index < -0.39 is 0 Å². The van der Waals surface area contributed by atoms with Crippen LogP contribution in [0.15, 0.2) is 18.2 Å². The van der Waals surface area contributed by atoms with E-state index in [4.69, 9.17) is 4.74 Å². The molecule has 0 aromatic heterocycles. The maximum Gasteiger partial charge on any atom is 0.123 e. The first kappa shape index (κ1) is 16.3. The predicted molar refractivity (Wildman–Crippen MR) is 88.8 cm³/mol. The quantitative estimate of drug-likeness (QED) is 0.897. The number of ether oxygens (including phenoxy) is 1. The third-order valence-corrected chi connectivity index (χ3v) is 4.61. The zero-order valence-electron chi connectivity index (χ0n) is 14.2. The Morgan fingerprint density at radius 2 is 2.14 bits per heavy atom. The number of hydrogen-bond donors (Lipinski definition) is 1. The summed E-state index contributed by atoms with van der Waals surface area (Å²) < 4.78 is 5.56. The molecule has 1 aromatic carbocycles. The van der Waals surface area contributed by atoms with Gasteiger partial charge >= 0.3 is 0 Å². The van der Waals surface area contributed by atoms with Crippen molar-refractivity contribution in [3.05, 3.63) is 29.3 Å². The SMILES string of the molecule is CNC(C)c1ccc(OC)c(CN2CCCC(C)(C)C2)c1. The lowest BCUT2D eigenvalue weighted by molar-refractivity contribution is 0.111. The van der Waals surface area contributed by atoms with E-state index in [1.807, 2.05) is 7.05 Å². The minimum Gasteiger partial charge on any atom is -0.496 e. The summed E-state index contributed by atoms with van der Waals surface area (Å²) >= 11 is 0. The van der Waals surface area contributed by atoms with Crippen LogP contribution in [0, 0.1) is 5.41 Å². The molecule has 1 unspecified atom stereocenters. The van der Waals surface area contributed by atoms with Crippen molar-refractivity contribution in [3.8, 4) is 5.75 Å². The molecule has 118 valence electrons. The fraction of sp³-hybridized carbons (Fsp3) is 0.667. The number of nitrogens with one attached hydrogen (secondary N) is 1. The second-order valence-corrected chi connectivity index (χ2v) is 7.06. The Balaban J connectivity index is 2.17. The highest BCUT2D eigenvalue weighted by molar-refractivity contribution is 5.38. The Morgan fingerprint density at radius 3 is 2.76 bits per heavy atom. The summed E-state index contributed by atoms with van der Waals surface area (Å²) in [7, 11) is 3.77. The van der Waals surface area contributed by atoms with Gasteiger partial charge in [0.2, 0.25) is 0 Å². The van der Waals surface area contributed by atoms with Crippen molar-refractivity contribution >= 4 is 0 Å². The number of hydrogen-bond acceptors (Lipinski definition) is 3. The van der Waals surface area contributed by atoms with Crippen molar-refractivity contribution in [2.24, 2.45) is 5.41 Å². The lowest BCUT2D eigenvalue weighted by Crippen LogP contribution is -2.39. The van der Waals surface area contributed by atoms with E-state index in [1.165, 1.54) is 37.1 Å². The molecule has 0 amide bonds. The van der Waals surface area contributed by atoms with Crippen LogP contribution in [-0.4, -0.2) is 32.1 Å². The zero-order chi connectivity index (χ0) is 15.5. The van der Waals surface area contributed by atoms with Crippen molar-refractivity contribution in [3.63, 3.8) is 0 Å². The van der Waals surface area contributed by atoms with Gasteiger partial charge in [0.1, 0.15) is 5.75 Å². The molecule has 1 fully saturated rings. The van der Waals surface area contributed by atoms with Crippen LogP contribution >= 0.6 is 0 Å². The summed E-state index contributed by atoms with van der Waals surface area (Å²) in [6.45, 7) is 10.3. The number of methoxy groups -OCH3 is 1. The van der Waals surface area contributed by atoms with Crippen LogP contribution in [0.4, 0.5) is 0 Å². The van der Waals surface area contributed by atoms with Gasteiger partial charge in [-0.15, -0.1) is 0 Å². The number of likely N-dealkylation sites (tertiary alicyclic amines) is 1. The summed E-state index contributed by atoms with van der Waals surface area (Å²) in [6.07, 6.45) is 2.62. The van der Waals surface area contributed by atoms with Crippen molar-refractivity contribution in [1.82, 2.24) is 10.2 Å². The highest BCUT2D eigenvalue weighted by Crippen LogP contribution is 2.31. The summed E-state index contributed by atoms with van der Waals surface area (Å²) in [4.78, 5) is 2.56. The monoisotopic (exact) mass is 290 g/mol. The Morgan fingerprint density at radius 1 is 1.38 bits per heavy atom. The van der Waals surface area contributed by atoms with Gasteiger partial charge in [-0.3, -0.25) is 4.90 Å². The fourth-order valence-corrected chi connectivity index (χ4v) is 3.28. The molecule has 1 aromatic rings. The Hall–Kier alpha value is -1.06. The molecule has 1 atom stereocenters. The molecule has 1 aliphatic heterocycles. The highest BCUT2D eigenvalue weighted by atomic mass is 16.5. The van der Waals surface area contributed by atoms with Gasteiger partial charge in [0.25, 0.3) is 0 Å². The van der Waals surface area contributed by atoms with E-state index >= 15 is 0 Å². The van der Waals surface area contributed by atoms with Crippen molar-refractivity contribution in [2.75, 3.05) is 27.2 Å². The molecule has 2 rings (SSSR count). The van der Waals surface area contributed by atoms with Crippen molar-refractivity contribution in [2.45, 2.75) is 46.2 Å². The van der Waals surface area contributed by atoms with Crippen LogP contribution in [0.5, 0.6) is 5.75 Å². The Labute approximate surface area is 129 Å². The van der Waals surface area contributed by atoms with E-state index in [1.54, 1.807) is 7.11 Å². The number of nitrogens with zero attached hydrogens (tertiary/aromatic N) is 1. The normalized spacial score (nSPS) is 20.2. The van der Waals surface area contributed by atoms with E-state index in [0.29, 0.717) is 11.5 Å². The van der Waals surface area contributed by atoms with E-state index in [2.05, 4.69) is 49.2 Å². The van der Waals surface area contributed by atoms with Crippen LogP contribution in [0.3, 0.4) is 0 Å². The van der Waals surface area contributed by atoms with Crippen molar-refractivity contribution < 1.29 is 4.74 Å². The lowest BCUT2D eigenvalue weighted by atomic mass is 9.84. The second-order valence-electron chi connectivity index (χ2n) is 7.06. The minimum atomic E-state index is 0.368. The van der Waals surface area contributed by atoms with Crippen LogP contribution < -0.4 is 10.1 Å². The maximum atomic E-state index is 5.56. The molecule has 0 aliphatic carbocycles. The van der Waals surface area contributed by atoms with Gasteiger partial charge < -0.3 is 10.1 Å². The fourth-order valence-electron chi connectivity index (χ4n) is 3.28. The Kier molecular flexibility index (Phi) is 5.28. The average Bonchev–Trinajstić information content (AvgIpc) is 2.45. The van der Waals surface area contributed by atoms with Crippen LogP contribution in [-0.2, 0) is 6.54 Å². The maximum absolute atomic E-state index is 5.56. The molecule has 1 heterocycles. The highest BCUT2D eigenvalue weighted by Gasteiger charge is 2.26. The van der Waals surface area contributed by atoms with E-state index in [-0.39, 0.29) is 0 Å². The first-order valence-electron chi connectivity index (χ1n) is 8.01. The van der Waals surface area contributed by atoms with Crippen molar-refractivity contribution in [1.29, 1.82) is 0 Å². The van der Waals surface area contributed by atoms with Crippen LogP contribution in [0.2, 0.25) is 0 Å². The molecule has 3 heteroatoms. The first-order valence-corrected chi connectivity index (χ1v) is 8.01. The molecule has 0 bridgehead atoms. The lowest BCUT2D eigenvalue weighted by Gasteiger charge is -2.38. The zero-order valence-corrected chi connectivity index (χ0v) is 14.2. The Bertz CT molecular complexity index is 470. The summed E-state index contributed by atoms with van der Waals surface area (Å²) in [5, 5.41) is 3.31. The molecular formula is C18H30N2O. The third-order valence-electron chi connectivity index (χ3n) is 4.61. The predicted octanol–water partition coefficient (Wildman–Crippen LogP) is 3.60. The van der Waals surface area contributed by atoms with Gasteiger partial charge in [-0.05, 0) is 56.5 Å². The number of benzene rings is 1. The van der Waals surface area contributed by atoms with Gasteiger partial charge in [0.15, 0.2) is 0 Å². The van der Waals surface area contributed by atoms with Gasteiger partial charge in [0.05, 0.1) is 7.11 Å². The molecule has 0 saturated carbocycles. The van der Waals surface area contributed by atoms with Gasteiger partial charge in [0, 0.05) is 24.7 Å². The van der Waals surface area contributed by atoms with Crippen LogP contribution in [0.1, 0.15) is 50.8 Å². The van der Waals surface area contributed by atoms with E-state index in [0.717, 1.165) is 12.3 Å². The number of piperidine rings is 1. The molecule has 21 heavy (non-hydrogen) atoms. The number of rotatable bonds is 5. The molecule has 3 nitrogen and oxygen atoms in total. The minimum absolute atomic E-state index is 0.368. The standard InChI is InChI=1S/C18H30N2O/c1-14(19-4)15-7-8-17(21-5)16(11-15)12-20-10-6-9-18(2,3)13-20/h7-8,11,14,19H,6,9-10,12-13H2,1-5H3. The molecule has 1 aliphatic rings. The summed E-state index contributed by atoms with van der Waals surface area (Å²) in [6, 6.07) is 6.92. The largest absolute Gasteiger partial charge is 0.496 e. The summed E-state index contributed by atoms with van der Waals surface area (Å²) in [5.74, 6) is 1.01. The first-order chi connectivity index (χ1) is 9.95. The molecule has 1 N–H and O–H groups in total. The van der Waals surface area contributed by atoms with Gasteiger partial charge in [-0.25, -0.2) is 0 Å². The third kappa shape index (κ3) is 4.21. The van der Waals surface area contributed by atoms with Gasteiger partial charge in [-0.1, -0.05) is 19.9 Å². The second kappa shape index (κ2) is 6.80. The smallest absolute Gasteiger partial charge is 0.123 e. The molecular weight excluding hydrogens is 260 g/mol. The van der Waals surface area contributed by atoms with E-state index in [9.17, 15) is 0 Å². The molecule has 1 saturated heterocycles. The van der Waals surface area contributed by atoms with Crippen LogP contribution in [0.25, 0.3) is 0 Å². The molecule has 0 spiro atoms. The average molecular weight is 290 g/mol. The topological polar surface area (TPSA) is 24.5 Å². The molecule has 0 radical (unpaired) electrons. The summed E-state index contributed by atoms with van der Waals surface area (Å²) in [5.41, 5.74) is 3.06. The van der Waals surface area contributed by atoms with Gasteiger partial charge in [-0.2, -0.15) is 0 Å².